The van der Waals surface area contributed by atoms with Crippen molar-refractivity contribution in [1.29, 1.82) is 0 Å². The number of aryl methyl sites for hydroxylation is 1. The van der Waals surface area contributed by atoms with Gasteiger partial charge in [-0.15, -0.1) is 5.10 Å². The first-order chi connectivity index (χ1) is 8.54. The van der Waals surface area contributed by atoms with Crippen LogP contribution < -0.4 is 11.3 Å². The maximum absolute atomic E-state index is 13.7. The van der Waals surface area contributed by atoms with Gasteiger partial charge in [0.25, 0.3) is 0 Å². The summed E-state index contributed by atoms with van der Waals surface area (Å²) in [4.78, 5) is 0. The summed E-state index contributed by atoms with van der Waals surface area (Å²) < 4.78 is 28.5. The molecular formula is C10H10BrF2N5. The molecule has 1 atom stereocenters. The van der Waals surface area contributed by atoms with E-state index in [0.717, 1.165) is 6.07 Å². The minimum Gasteiger partial charge on any atom is -0.271 e. The summed E-state index contributed by atoms with van der Waals surface area (Å²) in [6.45, 7) is 0. The van der Waals surface area contributed by atoms with Crippen molar-refractivity contribution in [1.82, 2.24) is 20.4 Å². The number of nitrogens with two attached hydrogens (primary N) is 1. The smallest absolute Gasteiger partial charge is 0.153 e. The van der Waals surface area contributed by atoms with Crippen molar-refractivity contribution in [2.45, 2.75) is 6.04 Å². The first kappa shape index (κ1) is 13.1. The van der Waals surface area contributed by atoms with Gasteiger partial charge in [-0.25, -0.2) is 18.9 Å². The van der Waals surface area contributed by atoms with Crippen molar-refractivity contribution in [3.63, 3.8) is 0 Å². The third-order valence-electron chi connectivity index (χ3n) is 2.54. The lowest BCUT2D eigenvalue weighted by Crippen LogP contribution is -2.31. The SMILES string of the molecule is Cn1nnc(Br)c1C(NN)c1ccc(F)cc1F. The van der Waals surface area contributed by atoms with Crippen LogP contribution in [0.25, 0.3) is 0 Å². The second-order valence-electron chi connectivity index (χ2n) is 3.65. The van der Waals surface area contributed by atoms with Crippen LogP contribution in [0.4, 0.5) is 8.78 Å². The van der Waals surface area contributed by atoms with Crippen LogP contribution in [0, 0.1) is 11.6 Å². The molecule has 0 amide bonds. The van der Waals surface area contributed by atoms with Crippen molar-refractivity contribution in [3.8, 4) is 0 Å². The number of rotatable bonds is 3. The van der Waals surface area contributed by atoms with E-state index in [1.165, 1.54) is 16.8 Å². The molecule has 1 unspecified atom stereocenters. The standard InChI is InChI=1S/C10H10BrF2N5/c1-18-9(10(11)16-17-18)8(15-14)6-3-2-5(12)4-7(6)13/h2-4,8,15H,14H2,1H3. The molecule has 2 rings (SSSR count). The Morgan fingerprint density at radius 1 is 1.44 bits per heavy atom. The summed E-state index contributed by atoms with van der Waals surface area (Å²) in [7, 11) is 1.65. The molecule has 96 valence electrons. The third kappa shape index (κ3) is 2.26. The largest absolute Gasteiger partial charge is 0.271 e. The highest BCUT2D eigenvalue weighted by Gasteiger charge is 2.23. The molecule has 1 heterocycles. The van der Waals surface area contributed by atoms with E-state index in [0.29, 0.717) is 10.3 Å². The van der Waals surface area contributed by atoms with Gasteiger partial charge in [0.2, 0.25) is 0 Å². The second kappa shape index (κ2) is 5.09. The Balaban J connectivity index is 2.52. The van der Waals surface area contributed by atoms with Crippen LogP contribution in [0.1, 0.15) is 17.3 Å². The zero-order valence-corrected chi connectivity index (χ0v) is 10.9. The summed E-state index contributed by atoms with van der Waals surface area (Å²) >= 11 is 3.21. The van der Waals surface area contributed by atoms with Gasteiger partial charge < -0.3 is 0 Å². The van der Waals surface area contributed by atoms with Crippen LogP contribution in [0.15, 0.2) is 22.8 Å². The average Bonchev–Trinajstić information content (AvgIpc) is 2.64. The zero-order valence-electron chi connectivity index (χ0n) is 9.36. The molecule has 0 aliphatic heterocycles. The Labute approximate surface area is 110 Å². The molecule has 0 aliphatic carbocycles. The van der Waals surface area contributed by atoms with Crippen LogP contribution in [0.2, 0.25) is 0 Å². The molecule has 1 aromatic heterocycles. The van der Waals surface area contributed by atoms with Gasteiger partial charge in [0.05, 0.1) is 11.7 Å². The van der Waals surface area contributed by atoms with Crippen LogP contribution in [0.5, 0.6) is 0 Å². The van der Waals surface area contributed by atoms with Crippen LogP contribution >= 0.6 is 15.9 Å². The average molecular weight is 318 g/mol. The highest BCUT2D eigenvalue weighted by molar-refractivity contribution is 9.10. The molecule has 0 spiro atoms. The van der Waals surface area contributed by atoms with Gasteiger partial charge in [-0.05, 0) is 22.0 Å². The summed E-state index contributed by atoms with van der Waals surface area (Å²) in [5, 5.41) is 7.58. The number of benzene rings is 1. The lowest BCUT2D eigenvalue weighted by Gasteiger charge is -2.17. The number of hydrogen-bond acceptors (Lipinski definition) is 4. The second-order valence-corrected chi connectivity index (χ2v) is 4.41. The van der Waals surface area contributed by atoms with E-state index < -0.39 is 17.7 Å². The molecule has 3 N–H and O–H groups in total. The monoisotopic (exact) mass is 317 g/mol. The maximum atomic E-state index is 13.7. The molecule has 0 radical (unpaired) electrons. The zero-order chi connectivity index (χ0) is 13.3. The van der Waals surface area contributed by atoms with Gasteiger partial charge in [0.1, 0.15) is 11.6 Å². The first-order valence-corrected chi connectivity index (χ1v) is 5.80. The van der Waals surface area contributed by atoms with Gasteiger partial charge in [0, 0.05) is 18.7 Å². The maximum Gasteiger partial charge on any atom is 0.153 e. The fourth-order valence-corrected chi connectivity index (χ4v) is 2.25. The van der Waals surface area contributed by atoms with E-state index in [9.17, 15) is 8.78 Å². The molecule has 0 fully saturated rings. The predicted molar refractivity (Wildman–Crippen MR) is 64.2 cm³/mol. The third-order valence-corrected chi connectivity index (χ3v) is 3.11. The molecule has 0 aliphatic rings. The molecule has 0 bridgehead atoms. The van der Waals surface area contributed by atoms with E-state index >= 15 is 0 Å². The predicted octanol–water partition coefficient (Wildman–Crippen LogP) is 1.41. The van der Waals surface area contributed by atoms with Crippen molar-refractivity contribution in [2.24, 2.45) is 12.9 Å². The van der Waals surface area contributed by atoms with E-state index in [1.807, 2.05) is 0 Å². The normalized spacial score (nSPS) is 12.7. The van der Waals surface area contributed by atoms with Crippen molar-refractivity contribution in [3.05, 3.63) is 45.7 Å². The molecule has 1 aromatic carbocycles. The first-order valence-electron chi connectivity index (χ1n) is 5.00. The molecule has 18 heavy (non-hydrogen) atoms. The Kier molecular flexibility index (Phi) is 3.69. The van der Waals surface area contributed by atoms with E-state index in [-0.39, 0.29) is 5.56 Å². The van der Waals surface area contributed by atoms with Crippen molar-refractivity contribution >= 4 is 15.9 Å². The Bertz CT molecular complexity index is 552. The van der Waals surface area contributed by atoms with Gasteiger partial charge in [-0.1, -0.05) is 11.3 Å². The molecule has 5 nitrogen and oxygen atoms in total. The molecular weight excluding hydrogens is 308 g/mol. The lowest BCUT2D eigenvalue weighted by molar-refractivity contribution is 0.520. The quantitative estimate of drug-likeness (QED) is 0.663. The number of nitrogens with zero attached hydrogens (tertiary/aromatic N) is 3. The van der Waals surface area contributed by atoms with E-state index in [4.69, 9.17) is 5.84 Å². The van der Waals surface area contributed by atoms with Crippen LogP contribution in [-0.4, -0.2) is 15.0 Å². The van der Waals surface area contributed by atoms with E-state index in [1.54, 1.807) is 7.05 Å². The van der Waals surface area contributed by atoms with Gasteiger partial charge in [-0.3, -0.25) is 5.84 Å². The fourth-order valence-electron chi connectivity index (χ4n) is 1.70. The molecule has 2 aromatic rings. The molecule has 0 saturated heterocycles. The van der Waals surface area contributed by atoms with E-state index in [2.05, 4.69) is 31.7 Å². The van der Waals surface area contributed by atoms with Gasteiger partial charge in [0.15, 0.2) is 4.60 Å². The number of hydrazine groups is 1. The van der Waals surface area contributed by atoms with Crippen molar-refractivity contribution in [2.75, 3.05) is 0 Å². The topological polar surface area (TPSA) is 68.8 Å². The summed E-state index contributed by atoms with van der Waals surface area (Å²) in [5.74, 6) is 4.11. The van der Waals surface area contributed by atoms with Gasteiger partial charge >= 0.3 is 0 Å². The lowest BCUT2D eigenvalue weighted by atomic mass is 10.0. The highest BCUT2D eigenvalue weighted by atomic mass is 79.9. The number of halogens is 3. The number of hydrogen-bond donors (Lipinski definition) is 2. The summed E-state index contributed by atoms with van der Waals surface area (Å²) in [6.07, 6.45) is 0. The minimum atomic E-state index is -0.689. The van der Waals surface area contributed by atoms with Crippen LogP contribution in [-0.2, 0) is 7.05 Å². The molecule has 0 saturated carbocycles. The number of nitrogens with one attached hydrogen (secondary N) is 1. The Morgan fingerprint density at radius 2 is 2.17 bits per heavy atom. The van der Waals surface area contributed by atoms with Gasteiger partial charge in [-0.2, -0.15) is 0 Å². The Morgan fingerprint density at radius 3 is 2.67 bits per heavy atom. The summed E-state index contributed by atoms with van der Waals surface area (Å²) in [6, 6.07) is 2.62. The fraction of sp³-hybridized carbons (Fsp3) is 0.200. The molecule has 8 heteroatoms. The number of aromatic nitrogens is 3. The van der Waals surface area contributed by atoms with Crippen LogP contribution in [0.3, 0.4) is 0 Å². The highest BCUT2D eigenvalue weighted by Crippen LogP contribution is 2.27. The summed E-state index contributed by atoms with van der Waals surface area (Å²) in [5.41, 5.74) is 3.23. The van der Waals surface area contributed by atoms with Crippen molar-refractivity contribution < 1.29 is 8.78 Å². The minimum absolute atomic E-state index is 0.213. The Hall–Kier alpha value is -1.38.